The highest BCUT2D eigenvalue weighted by atomic mass is 19.1. The van der Waals surface area contributed by atoms with Crippen LogP contribution in [-0.2, 0) is 9.53 Å². The number of carbonyl (C=O) groups excluding carboxylic acids is 1. The average molecular weight is 245 g/mol. The summed E-state index contributed by atoms with van der Waals surface area (Å²) in [6, 6.07) is 1.83. The molecule has 0 aliphatic rings. The van der Waals surface area contributed by atoms with E-state index in [2.05, 4.69) is 14.8 Å². The summed E-state index contributed by atoms with van der Waals surface area (Å²) >= 11 is 0. The van der Waals surface area contributed by atoms with Crippen molar-refractivity contribution >= 4 is 11.7 Å². The van der Waals surface area contributed by atoms with Gasteiger partial charge < -0.3 is 14.8 Å². The average Bonchev–Trinajstić information content (AvgIpc) is 2.30. The number of anilines is 1. The molecule has 0 bridgehead atoms. The first-order valence-corrected chi connectivity index (χ1v) is 5.01. The lowest BCUT2D eigenvalue weighted by Gasteiger charge is -2.09. The zero-order chi connectivity index (χ0) is 12.8. The number of hydrogen-bond donors (Lipinski definition) is 1. The molecule has 0 aliphatic carbocycles. The fourth-order valence-corrected chi connectivity index (χ4v) is 1.20. The predicted molar refractivity (Wildman–Crippen MR) is 58.0 cm³/mol. The Labute approximate surface area is 97.5 Å². The molecule has 1 N–H and O–H groups in total. The van der Waals surface area contributed by atoms with Crippen LogP contribution in [0.1, 0.15) is 6.92 Å². The normalized spacial score (nSPS) is 9.88. The summed E-state index contributed by atoms with van der Waals surface area (Å²) in [6.07, 6.45) is 0. The Morgan fingerprint density at radius 1 is 1.35 bits per heavy atom. The first kappa shape index (κ1) is 13.2. The summed E-state index contributed by atoms with van der Waals surface area (Å²) in [5.41, 5.74) is -0.114. The van der Waals surface area contributed by atoms with Crippen molar-refractivity contribution < 1.29 is 23.0 Å². The third kappa shape index (κ3) is 3.58. The Hall–Kier alpha value is -1.85. The van der Waals surface area contributed by atoms with Gasteiger partial charge in [-0.05, 0) is 6.92 Å². The molecule has 0 heterocycles. The number of nitrogens with one attached hydrogen (secondary N) is 1. The van der Waals surface area contributed by atoms with Gasteiger partial charge in [-0.3, -0.25) is 4.79 Å². The van der Waals surface area contributed by atoms with Crippen molar-refractivity contribution in [3.63, 3.8) is 0 Å². The molecule has 1 aromatic rings. The fraction of sp³-hybridized carbons (Fsp3) is 0.364. The highest BCUT2D eigenvalue weighted by molar-refractivity contribution is 5.75. The number of hydrogen-bond acceptors (Lipinski definition) is 4. The number of ether oxygens (including phenoxy) is 2. The van der Waals surface area contributed by atoms with E-state index in [1.54, 1.807) is 6.92 Å². The van der Waals surface area contributed by atoms with Gasteiger partial charge in [0.25, 0.3) is 0 Å². The second kappa shape index (κ2) is 6.03. The van der Waals surface area contributed by atoms with E-state index in [9.17, 15) is 13.6 Å². The van der Waals surface area contributed by atoms with E-state index in [0.717, 1.165) is 12.1 Å². The van der Waals surface area contributed by atoms with Gasteiger partial charge >= 0.3 is 5.97 Å². The van der Waals surface area contributed by atoms with E-state index in [1.165, 1.54) is 7.11 Å². The predicted octanol–water partition coefficient (Wildman–Crippen LogP) is 1.95. The number of rotatable bonds is 5. The highest BCUT2D eigenvalue weighted by Gasteiger charge is 2.11. The second-order valence-corrected chi connectivity index (χ2v) is 3.13. The van der Waals surface area contributed by atoms with Gasteiger partial charge in [0.2, 0.25) is 0 Å². The van der Waals surface area contributed by atoms with Crippen molar-refractivity contribution in [1.82, 2.24) is 0 Å². The van der Waals surface area contributed by atoms with Gasteiger partial charge in [-0.25, -0.2) is 8.78 Å². The van der Waals surface area contributed by atoms with Crippen LogP contribution in [0.3, 0.4) is 0 Å². The second-order valence-electron chi connectivity index (χ2n) is 3.13. The Morgan fingerprint density at radius 2 is 2.06 bits per heavy atom. The summed E-state index contributed by atoms with van der Waals surface area (Å²) in [5.74, 6) is -2.14. The van der Waals surface area contributed by atoms with Gasteiger partial charge in [-0.1, -0.05) is 0 Å². The van der Waals surface area contributed by atoms with Gasteiger partial charge in [0.1, 0.15) is 12.4 Å². The molecule has 0 radical (unpaired) electrons. The van der Waals surface area contributed by atoms with Crippen LogP contribution in [0.5, 0.6) is 5.75 Å². The lowest BCUT2D eigenvalue weighted by molar-refractivity contribution is -0.140. The number of esters is 1. The van der Waals surface area contributed by atoms with Crippen LogP contribution in [0.25, 0.3) is 0 Å². The molecule has 0 aromatic heterocycles. The molecule has 1 rings (SSSR count). The molecule has 0 fully saturated rings. The van der Waals surface area contributed by atoms with Crippen LogP contribution in [-0.4, -0.2) is 26.2 Å². The molecule has 17 heavy (non-hydrogen) atoms. The van der Waals surface area contributed by atoms with Crippen LogP contribution in [0.2, 0.25) is 0 Å². The van der Waals surface area contributed by atoms with Crippen LogP contribution in [0.4, 0.5) is 14.5 Å². The maximum absolute atomic E-state index is 13.4. The van der Waals surface area contributed by atoms with E-state index in [4.69, 9.17) is 0 Å². The first-order valence-electron chi connectivity index (χ1n) is 5.01. The Bertz CT molecular complexity index is 410. The molecule has 6 heteroatoms. The zero-order valence-electron chi connectivity index (χ0n) is 9.55. The van der Waals surface area contributed by atoms with Crippen LogP contribution < -0.4 is 10.1 Å². The van der Waals surface area contributed by atoms with Gasteiger partial charge in [-0.2, -0.15) is 0 Å². The maximum Gasteiger partial charge on any atom is 0.325 e. The lowest BCUT2D eigenvalue weighted by atomic mass is 10.2. The molecule has 0 aliphatic heterocycles. The molecule has 0 saturated carbocycles. The Balaban J connectivity index is 2.72. The van der Waals surface area contributed by atoms with E-state index in [1.807, 2.05) is 0 Å². The minimum absolute atomic E-state index is 0.114. The van der Waals surface area contributed by atoms with Crippen molar-refractivity contribution in [3.8, 4) is 5.75 Å². The molecular weight excluding hydrogens is 232 g/mol. The van der Waals surface area contributed by atoms with Crippen molar-refractivity contribution in [2.24, 2.45) is 0 Å². The number of benzene rings is 1. The monoisotopic (exact) mass is 245 g/mol. The smallest absolute Gasteiger partial charge is 0.325 e. The third-order valence-corrected chi connectivity index (χ3v) is 1.97. The lowest BCUT2D eigenvalue weighted by Crippen LogP contribution is -2.17. The van der Waals surface area contributed by atoms with Crippen molar-refractivity contribution in [2.45, 2.75) is 6.92 Å². The van der Waals surface area contributed by atoms with Gasteiger partial charge in [-0.15, -0.1) is 0 Å². The van der Waals surface area contributed by atoms with E-state index in [-0.39, 0.29) is 24.6 Å². The van der Waals surface area contributed by atoms with Crippen LogP contribution in [0, 0.1) is 11.6 Å². The van der Waals surface area contributed by atoms with Crippen LogP contribution in [0.15, 0.2) is 12.1 Å². The van der Waals surface area contributed by atoms with Crippen LogP contribution >= 0.6 is 0 Å². The van der Waals surface area contributed by atoms with Crippen molar-refractivity contribution in [1.29, 1.82) is 0 Å². The fourth-order valence-electron chi connectivity index (χ4n) is 1.20. The van der Waals surface area contributed by atoms with Gasteiger partial charge in [0.05, 0.1) is 19.4 Å². The molecule has 4 nitrogen and oxygen atoms in total. The van der Waals surface area contributed by atoms with Gasteiger partial charge in [0, 0.05) is 12.1 Å². The summed E-state index contributed by atoms with van der Waals surface area (Å²) in [4.78, 5) is 11.0. The minimum atomic E-state index is -0.708. The number of methoxy groups -OCH3 is 1. The minimum Gasteiger partial charge on any atom is -0.494 e. The van der Waals surface area contributed by atoms with Gasteiger partial charge in [0.15, 0.2) is 11.6 Å². The molecule has 0 saturated heterocycles. The summed E-state index contributed by atoms with van der Waals surface area (Å²) < 4.78 is 35.9. The molecular formula is C11H13F2NO3. The topological polar surface area (TPSA) is 47.6 Å². The summed E-state index contributed by atoms with van der Waals surface area (Å²) in [6.45, 7) is 1.67. The van der Waals surface area contributed by atoms with E-state index in [0.29, 0.717) is 0 Å². The first-order chi connectivity index (χ1) is 8.08. The molecule has 0 spiro atoms. The number of halogens is 2. The van der Waals surface area contributed by atoms with E-state index < -0.39 is 17.6 Å². The van der Waals surface area contributed by atoms with Crippen molar-refractivity contribution in [3.05, 3.63) is 23.8 Å². The number of carbonyl (C=O) groups is 1. The summed E-state index contributed by atoms with van der Waals surface area (Å²) in [5, 5.41) is 2.44. The van der Waals surface area contributed by atoms with Crippen molar-refractivity contribution in [2.75, 3.05) is 25.6 Å². The Kier molecular flexibility index (Phi) is 4.68. The Morgan fingerprint density at radius 3 is 2.65 bits per heavy atom. The molecule has 0 amide bonds. The zero-order valence-corrected chi connectivity index (χ0v) is 9.55. The maximum atomic E-state index is 13.4. The molecule has 1 aromatic carbocycles. The SMILES string of the molecule is CCOC(=O)CNc1cc(F)c(OC)cc1F. The summed E-state index contributed by atoms with van der Waals surface area (Å²) in [7, 11) is 1.24. The largest absolute Gasteiger partial charge is 0.494 e. The highest BCUT2D eigenvalue weighted by Crippen LogP contribution is 2.24. The molecule has 0 atom stereocenters. The van der Waals surface area contributed by atoms with E-state index >= 15 is 0 Å². The third-order valence-electron chi connectivity index (χ3n) is 1.97. The standard InChI is InChI=1S/C11H13F2NO3/c1-3-17-11(15)6-14-9-4-8(13)10(16-2)5-7(9)12/h4-5,14H,3,6H2,1-2H3. The quantitative estimate of drug-likeness (QED) is 0.805. The molecule has 94 valence electrons. The molecule has 0 unspecified atom stereocenters.